The molecule has 0 saturated carbocycles. The van der Waals surface area contributed by atoms with Crippen LogP contribution in [0.2, 0.25) is 0 Å². The number of hydrogen-bond donors (Lipinski definition) is 1. The maximum absolute atomic E-state index is 13.0. The molecule has 0 bridgehead atoms. The third-order valence-corrected chi connectivity index (χ3v) is 5.67. The molecule has 3 aromatic heterocycles. The largest absolute Gasteiger partial charge is 0.416 e. The summed E-state index contributed by atoms with van der Waals surface area (Å²) in [7, 11) is 3.68. The summed E-state index contributed by atoms with van der Waals surface area (Å²) in [4.78, 5) is 21.4. The number of rotatable bonds is 4. The van der Waals surface area contributed by atoms with Crippen LogP contribution in [0.4, 0.5) is 13.2 Å². The Hall–Kier alpha value is -4.08. The van der Waals surface area contributed by atoms with Crippen LogP contribution in [0.1, 0.15) is 21.7 Å². The third kappa shape index (κ3) is 3.53. The lowest BCUT2D eigenvalue weighted by molar-refractivity contribution is -0.137. The highest BCUT2D eigenvalue weighted by atomic mass is 19.4. The molecule has 0 unspecified atom stereocenters. The van der Waals surface area contributed by atoms with E-state index in [1.54, 1.807) is 41.5 Å². The van der Waals surface area contributed by atoms with E-state index >= 15 is 0 Å². The third-order valence-electron chi connectivity index (χ3n) is 5.67. The highest BCUT2D eigenvalue weighted by Gasteiger charge is 2.30. The van der Waals surface area contributed by atoms with Gasteiger partial charge in [-0.15, -0.1) is 0 Å². The molecule has 3 heterocycles. The number of halogens is 3. The molecule has 5 rings (SSSR count). The van der Waals surface area contributed by atoms with E-state index < -0.39 is 11.7 Å². The van der Waals surface area contributed by atoms with Gasteiger partial charge in [-0.1, -0.05) is 0 Å². The number of carbonyl (C=O) groups is 1. The van der Waals surface area contributed by atoms with Gasteiger partial charge in [0, 0.05) is 43.1 Å². The van der Waals surface area contributed by atoms with Crippen molar-refractivity contribution in [1.29, 1.82) is 0 Å². The molecule has 0 fully saturated rings. The van der Waals surface area contributed by atoms with Crippen molar-refractivity contribution in [2.45, 2.75) is 12.7 Å². The second-order valence-corrected chi connectivity index (χ2v) is 7.78. The minimum Gasteiger partial charge on any atom is -0.345 e. The van der Waals surface area contributed by atoms with Gasteiger partial charge in [-0.2, -0.15) is 13.2 Å². The second kappa shape index (κ2) is 7.51. The number of nitrogens with one attached hydrogen (secondary N) is 1. The molecule has 1 amide bonds. The van der Waals surface area contributed by atoms with Gasteiger partial charge in [-0.05, 0) is 42.5 Å². The molecule has 0 aliphatic heterocycles. The summed E-state index contributed by atoms with van der Waals surface area (Å²) in [6.07, 6.45) is 0.695. The monoisotopic (exact) mass is 452 g/mol. The summed E-state index contributed by atoms with van der Waals surface area (Å²) in [6.45, 7) is 0.286. The molecule has 168 valence electrons. The maximum atomic E-state index is 13.0. The Labute approximate surface area is 186 Å². The van der Waals surface area contributed by atoms with Gasteiger partial charge in [0.25, 0.3) is 5.91 Å². The minimum absolute atomic E-state index is 0.252. The fourth-order valence-corrected chi connectivity index (χ4v) is 3.96. The van der Waals surface area contributed by atoms with Gasteiger partial charge in [0.1, 0.15) is 5.82 Å². The van der Waals surface area contributed by atoms with Crippen molar-refractivity contribution in [3.05, 3.63) is 78.1 Å². The SMILES string of the molecule is Cn1ccnc1CNC(=O)c1ccc2c(c1)c1c(ncn1C)n2-c1ccc(C(F)(F)F)cc1. The van der Waals surface area contributed by atoms with E-state index in [2.05, 4.69) is 15.3 Å². The Balaban J connectivity index is 1.56. The minimum atomic E-state index is -4.41. The fourth-order valence-electron chi connectivity index (χ4n) is 3.96. The van der Waals surface area contributed by atoms with Crippen molar-refractivity contribution < 1.29 is 18.0 Å². The summed E-state index contributed by atoms with van der Waals surface area (Å²) in [5, 5.41) is 3.64. The van der Waals surface area contributed by atoms with Gasteiger partial charge in [-0.25, -0.2) is 9.97 Å². The highest BCUT2D eigenvalue weighted by Crippen LogP contribution is 2.34. The molecular weight excluding hydrogens is 433 g/mol. The number of carbonyl (C=O) groups excluding carboxylic acids is 1. The Bertz CT molecular complexity index is 1490. The molecular formula is C23H19F3N6O. The predicted molar refractivity (Wildman–Crippen MR) is 117 cm³/mol. The van der Waals surface area contributed by atoms with Crippen LogP contribution in [0.15, 0.2) is 61.2 Å². The zero-order chi connectivity index (χ0) is 23.3. The van der Waals surface area contributed by atoms with Crippen molar-refractivity contribution in [1.82, 2.24) is 29.0 Å². The van der Waals surface area contributed by atoms with Gasteiger partial charge >= 0.3 is 6.18 Å². The molecule has 2 aromatic carbocycles. The van der Waals surface area contributed by atoms with E-state index in [1.165, 1.54) is 12.1 Å². The van der Waals surface area contributed by atoms with Crippen LogP contribution in [-0.2, 0) is 26.8 Å². The lowest BCUT2D eigenvalue weighted by atomic mass is 10.1. The fraction of sp³-hybridized carbons (Fsp3) is 0.174. The number of amides is 1. The zero-order valence-corrected chi connectivity index (χ0v) is 17.8. The molecule has 0 aliphatic rings. The van der Waals surface area contributed by atoms with Crippen LogP contribution in [0.5, 0.6) is 0 Å². The van der Waals surface area contributed by atoms with E-state index in [9.17, 15) is 18.0 Å². The topological polar surface area (TPSA) is 69.7 Å². The first-order valence-corrected chi connectivity index (χ1v) is 10.1. The van der Waals surface area contributed by atoms with Crippen LogP contribution in [0.25, 0.3) is 27.8 Å². The molecule has 0 spiro atoms. The number of benzene rings is 2. The van der Waals surface area contributed by atoms with Crippen LogP contribution in [-0.4, -0.2) is 29.6 Å². The van der Waals surface area contributed by atoms with Crippen molar-refractivity contribution in [2.24, 2.45) is 14.1 Å². The van der Waals surface area contributed by atoms with Gasteiger partial charge in [0.15, 0.2) is 5.65 Å². The smallest absolute Gasteiger partial charge is 0.345 e. The van der Waals surface area contributed by atoms with E-state index in [-0.39, 0.29) is 12.5 Å². The summed E-state index contributed by atoms with van der Waals surface area (Å²) < 4.78 is 44.4. The van der Waals surface area contributed by atoms with Crippen molar-refractivity contribution >= 4 is 28.0 Å². The average Bonchev–Trinajstić information content (AvgIpc) is 3.46. The number of imidazole rings is 2. The van der Waals surface area contributed by atoms with Gasteiger partial charge < -0.3 is 14.5 Å². The standard InChI is InChI=1S/C23H19F3N6O/c1-30-10-9-27-19(30)12-28-22(33)14-3-8-18-17(11-14)20-21(29-13-31(20)2)32(18)16-6-4-15(5-7-16)23(24,25)26/h3-11,13H,12H2,1-2H3,(H,28,33). The van der Waals surface area contributed by atoms with Gasteiger partial charge in [-0.3, -0.25) is 9.36 Å². The molecule has 0 atom stereocenters. The molecule has 5 aromatic rings. The number of alkyl halides is 3. The molecule has 33 heavy (non-hydrogen) atoms. The van der Waals surface area contributed by atoms with Crippen molar-refractivity contribution in [2.75, 3.05) is 0 Å². The van der Waals surface area contributed by atoms with Gasteiger partial charge in [0.2, 0.25) is 0 Å². The first kappa shape index (κ1) is 20.8. The van der Waals surface area contributed by atoms with E-state index in [0.29, 0.717) is 16.9 Å². The summed E-state index contributed by atoms with van der Waals surface area (Å²) >= 11 is 0. The summed E-state index contributed by atoms with van der Waals surface area (Å²) in [6, 6.07) is 10.2. The molecule has 0 aliphatic carbocycles. The summed E-state index contributed by atoms with van der Waals surface area (Å²) in [5.41, 5.74) is 2.41. The van der Waals surface area contributed by atoms with Crippen LogP contribution in [0.3, 0.4) is 0 Å². The molecule has 7 nitrogen and oxygen atoms in total. The quantitative estimate of drug-likeness (QED) is 0.444. The number of aromatic nitrogens is 5. The molecule has 0 radical (unpaired) electrons. The Morgan fingerprint density at radius 3 is 2.45 bits per heavy atom. The maximum Gasteiger partial charge on any atom is 0.416 e. The Kier molecular flexibility index (Phi) is 4.73. The Morgan fingerprint density at radius 1 is 1.03 bits per heavy atom. The molecule has 0 saturated heterocycles. The predicted octanol–water partition coefficient (Wildman–Crippen LogP) is 4.20. The van der Waals surface area contributed by atoms with Crippen molar-refractivity contribution in [3.63, 3.8) is 0 Å². The van der Waals surface area contributed by atoms with Gasteiger partial charge in [0.05, 0.1) is 29.5 Å². The second-order valence-electron chi connectivity index (χ2n) is 7.78. The number of aryl methyl sites for hydroxylation is 2. The first-order chi connectivity index (χ1) is 15.7. The lowest BCUT2D eigenvalue weighted by Crippen LogP contribution is -2.24. The van der Waals surface area contributed by atoms with E-state index in [1.807, 2.05) is 23.2 Å². The zero-order valence-electron chi connectivity index (χ0n) is 17.8. The normalized spacial score (nSPS) is 12.0. The lowest BCUT2D eigenvalue weighted by Gasteiger charge is -2.10. The number of fused-ring (bicyclic) bond motifs is 3. The van der Waals surface area contributed by atoms with Crippen molar-refractivity contribution in [3.8, 4) is 5.69 Å². The van der Waals surface area contributed by atoms with E-state index in [4.69, 9.17) is 0 Å². The summed E-state index contributed by atoms with van der Waals surface area (Å²) in [5.74, 6) is 0.476. The molecule has 1 N–H and O–H groups in total. The average molecular weight is 452 g/mol. The molecule has 10 heteroatoms. The van der Waals surface area contributed by atoms with Crippen LogP contribution < -0.4 is 5.32 Å². The van der Waals surface area contributed by atoms with Crippen LogP contribution >= 0.6 is 0 Å². The van der Waals surface area contributed by atoms with Crippen LogP contribution in [0, 0.1) is 0 Å². The number of nitrogens with zero attached hydrogens (tertiary/aromatic N) is 5. The Morgan fingerprint density at radius 2 is 1.79 bits per heavy atom. The highest BCUT2D eigenvalue weighted by molar-refractivity contribution is 6.09. The number of hydrogen-bond acceptors (Lipinski definition) is 3. The first-order valence-electron chi connectivity index (χ1n) is 10.1. The van der Waals surface area contributed by atoms with E-state index in [0.717, 1.165) is 34.4 Å².